The Morgan fingerprint density at radius 2 is 2.19 bits per heavy atom. The van der Waals surface area contributed by atoms with Crippen LogP contribution in [0.15, 0.2) is 58.9 Å². The molecule has 2 saturated heterocycles. The summed E-state index contributed by atoms with van der Waals surface area (Å²) in [5.41, 5.74) is 0.104. The topological polar surface area (TPSA) is 165 Å². The number of fused-ring (bicyclic) bond motifs is 2. The molecule has 0 spiro atoms. The lowest BCUT2D eigenvalue weighted by molar-refractivity contribution is -0.0907. The van der Waals surface area contributed by atoms with Gasteiger partial charge in [0, 0.05) is 40.3 Å². The number of thiazole rings is 1. The molecule has 4 aromatic rings. The first-order valence-electron chi connectivity index (χ1n) is 22.8. The molecular formula is C33H41N5O8S2. The number of carbonyl (C=O) groups excluding carboxylic acids is 1. The second-order valence-electron chi connectivity index (χ2n) is 10.7. The minimum absolute atomic E-state index is 0.0243. The number of amides is 1. The Hall–Kier alpha value is -3.60. The van der Waals surface area contributed by atoms with Crippen LogP contribution in [0.5, 0.6) is 5.75 Å². The number of nitrogens with zero attached hydrogens (tertiary/aromatic N) is 3. The lowest BCUT2D eigenvalue weighted by atomic mass is 10.0. The number of benzene rings is 2. The Morgan fingerprint density at radius 3 is 2.98 bits per heavy atom. The van der Waals surface area contributed by atoms with Gasteiger partial charge in [-0.2, -0.15) is 9.40 Å². The van der Waals surface area contributed by atoms with Gasteiger partial charge in [0.25, 0.3) is 0 Å². The average Bonchev–Trinajstić information content (AvgIpc) is 3.99. The zero-order valence-corrected chi connectivity index (χ0v) is 26.4. The Kier molecular flexibility index (Phi) is 5.88. The van der Waals surface area contributed by atoms with E-state index in [0.29, 0.717) is 16.9 Å². The van der Waals surface area contributed by atoms with Gasteiger partial charge in [0.05, 0.1) is 65.4 Å². The fourth-order valence-corrected chi connectivity index (χ4v) is 6.81. The maximum atomic E-state index is 14.6. The first kappa shape index (κ1) is 19.0. The van der Waals surface area contributed by atoms with Crippen LogP contribution in [0.3, 0.4) is 0 Å². The summed E-state index contributed by atoms with van der Waals surface area (Å²) in [6.45, 7) is -22.1. The molecule has 13 nitrogen and oxygen atoms in total. The Bertz CT molecular complexity index is 2470. The molecule has 0 radical (unpaired) electrons. The number of ether oxygens (including phenoxy) is 4. The van der Waals surface area contributed by atoms with E-state index in [1.54, 1.807) is 0 Å². The molecule has 0 unspecified atom stereocenters. The van der Waals surface area contributed by atoms with Gasteiger partial charge in [0.2, 0.25) is 10.0 Å². The molecule has 4 heterocycles. The van der Waals surface area contributed by atoms with Crippen LogP contribution >= 0.6 is 11.3 Å². The highest BCUT2D eigenvalue weighted by molar-refractivity contribution is 7.89. The minimum Gasteiger partial charge on any atom is -0.487 e. The summed E-state index contributed by atoms with van der Waals surface area (Å²) in [6, 6.07) is 6.32. The SMILES string of the molecule is [2H]C([2H])([2H])c1nc(C([2H])([2H])Oc2ccc(C[C@H](NC(=O)O[C@]3([2H])[C@@H]4CCO[C@@H]4OC3([2H])[2H])[C@H](O)CN(C([2H])([2H])C([2H])(C([2H])([2H])[2H])C([2H])([2H])[2H])S(=O)(=O)c3ccc4[nH]ncc4c3)cc2)cs1. The number of aliphatic hydroxyl groups is 1. The number of aryl methyl sites for hydroxylation is 1. The first-order valence-corrected chi connectivity index (χ1v) is 16.7. The van der Waals surface area contributed by atoms with E-state index in [1.807, 2.05) is 0 Å². The van der Waals surface area contributed by atoms with E-state index in [0.717, 1.165) is 12.1 Å². The molecule has 2 aromatic heterocycles. The quantitative estimate of drug-likeness (QED) is 0.174. The number of hydrogen-bond donors (Lipinski definition) is 3. The number of carbonyl (C=O) groups is 1. The number of H-pyrrole nitrogens is 1. The molecule has 2 aliphatic heterocycles. The highest BCUT2D eigenvalue weighted by atomic mass is 32.2. The van der Waals surface area contributed by atoms with Crippen LogP contribution in [0.2, 0.25) is 0 Å². The van der Waals surface area contributed by atoms with Crippen LogP contribution in [0.25, 0.3) is 10.9 Å². The molecule has 3 N–H and O–H groups in total. The van der Waals surface area contributed by atoms with Gasteiger partial charge in [-0.3, -0.25) is 5.10 Å². The number of aromatic amines is 1. The summed E-state index contributed by atoms with van der Waals surface area (Å²) in [5.74, 6) is -5.52. The zero-order chi connectivity index (χ0) is 48.6. The van der Waals surface area contributed by atoms with Crippen molar-refractivity contribution in [1.82, 2.24) is 24.8 Å². The number of sulfonamides is 1. The molecule has 48 heavy (non-hydrogen) atoms. The summed E-state index contributed by atoms with van der Waals surface area (Å²) in [4.78, 5) is 16.8. The molecule has 2 fully saturated rings. The van der Waals surface area contributed by atoms with Crippen LogP contribution < -0.4 is 10.1 Å². The second-order valence-corrected chi connectivity index (χ2v) is 13.4. The summed E-state index contributed by atoms with van der Waals surface area (Å²) >= 11 is 0.692. The van der Waals surface area contributed by atoms with Gasteiger partial charge in [0.1, 0.15) is 18.4 Å². The van der Waals surface area contributed by atoms with Gasteiger partial charge in [-0.25, -0.2) is 18.2 Å². The summed E-state index contributed by atoms with van der Waals surface area (Å²) in [5, 5.41) is 21.5. The number of alkyl carbamates (subject to hydrolysis) is 1. The lowest BCUT2D eigenvalue weighted by Crippen LogP contribution is -2.51. The second kappa shape index (κ2) is 14.9. The molecule has 5 atom stereocenters. The van der Waals surface area contributed by atoms with Crippen molar-refractivity contribution in [3.63, 3.8) is 0 Å². The summed E-state index contributed by atoms with van der Waals surface area (Å²) in [7, 11) is -5.47. The number of aromatic nitrogens is 3. The molecular weight excluding hydrogens is 659 g/mol. The molecule has 2 aliphatic rings. The third kappa shape index (κ3) is 8.15. The standard InChI is InChI=1S/C33H41N5O8S2/c1-20(2)15-38(48(41,42)26-8-9-28-23(13-26)14-34-37-28)16-30(39)29(36-33(40)46-31-18-45-32-27(31)10-11-43-32)12-22-4-6-25(7-5-22)44-17-24-19-47-21(3)35-24/h4-9,13-14,19-20,27,29-32,39H,10-12,15-18H2,1-3H3,(H,34,37)(H,36,40)/t27-,29-,30+,31-,32+/m0/s1/i1D3,2D3,3D3,15D2,17D2,18D2,20D,31D. The minimum atomic E-state index is -5.47. The van der Waals surface area contributed by atoms with Gasteiger partial charge in [-0.1, -0.05) is 25.8 Å². The normalized spacial score (nSPS) is 30.1. The number of rotatable bonds is 14. The van der Waals surface area contributed by atoms with E-state index >= 15 is 0 Å². The van der Waals surface area contributed by atoms with E-state index in [-0.39, 0.29) is 44.7 Å². The molecule has 15 heteroatoms. The predicted octanol–water partition coefficient (Wildman–Crippen LogP) is 4.01. The van der Waals surface area contributed by atoms with E-state index in [2.05, 4.69) is 20.5 Å². The van der Waals surface area contributed by atoms with Crippen molar-refractivity contribution >= 4 is 38.4 Å². The molecule has 0 saturated carbocycles. The van der Waals surface area contributed by atoms with Crippen molar-refractivity contribution in [2.75, 3.05) is 26.2 Å². The number of nitrogens with one attached hydrogen (secondary N) is 2. The van der Waals surface area contributed by atoms with Crippen molar-refractivity contribution in [1.29, 1.82) is 0 Å². The van der Waals surface area contributed by atoms with Gasteiger partial charge in [0.15, 0.2) is 6.29 Å². The van der Waals surface area contributed by atoms with Crippen molar-refractivity contribution in [2.45, 2.75) is 69.4 Å². The van der Waals surface area contributed by atoms with Gasteiger partial charge >= 0.3 is 6.09 Å². The number of hydrogen-bond acceptors (Lipinski definition) is 11. The van der Waals surface area contributed by atoms with E-state index in [4.69, 9.17) is 42.3 Å². The maximum absolute atomic E-state index is 14.6. The summed E-state index contributed by atoms with van der Waals surface area (Å²) < 4.78 is 189. The number of aliphatic hydroxyl groups excluding tert-OH is 1. The molecule has 258 valence electrons. The smallest absolute Gasteiger partial charge is 0.407 e. The summed E-state index contributed by atoms with van der Waals surface area (Å²) in [6.07, 6.45) is -7.32. The molecule has 1 amide bonds. The Morgan fingerprint density at radius 1 is 1.33 bits per heavy atom. The molecule has 2 aromatic carbocycles. The highest BCUT2D eigenvalue weighted by Crippen LogP contribution is 2.33. The van der Waals surface area contributed by atoms with Crippen LogP contribution in [0, 0.1) is 18.7 Å². The van der Waals surface area contributed by atoms with Crippen LogP contribution in [-0.4, -0.2) is 89.8 Å². The molecule has 0 bridgehead atoms. The van der Waals surface area contributed by atoms with Crippen LogP contribution in [0.1, 0.15) is 59.7 Å². The van der Waals surface area contributed by atoms with Crippen LogP contribution in [-0.2, 0) is 37.2 Å². The van der Waals surface area contributed by atoms with Gasteiger partial charge in [-0.05, 0) is 61.5 Å². The molecule has 6 rings (SSSR count). The fraction of sp³-hybridized carbons (Fsp3) is 0.485. The van der Waals surface area contributed by atoms with Crippen molar-refractivity contribution in [2.24, 2.45) is 11.8 Å². The lowest BCUT2D eigenvalue weighted by Gasteiger charge is -2.31. The third-order valence-corrected chi connectivity index (χ3v) is 9.69. The zero-order valence-electron chi connectivity index (χ0n) is 41.8. The average molecular weight is 717 g/mol. The predicted molar refractivity (Wildman–Crippen MR) is 178 cm³/mol. The largest absolute Gasteiger partial charge is 0.487 e. The third-order valence-electron chi connectivity index (χ3n) is 7.37. The van der Waals surface area contributed by atoms with Crippen molar-refractivity contribution < 1.29 is 60.6 Å². The van der Waals surface area contributed by atoms with E-state index in [1.165, 1.54) is 41.9 Å². The van der Waals surface area contributed by atoms with E-state index in [9.17, 15) is 18.3 Å². The Labute approximate surface area is 307 Å². The fourth-order valence-electron chi connectivity index (χ4n) is 5.00. The van der Waals surface area contributed by atoms with Crippen molar-refractivity contribution in [3.05, 3.63) is 70.3 Å². The maximum Gasteiger partial charge on any atom is 0.407 e. The van der Waals surface area contributed by atoms with E-state index < -0.39 is 110 Å². The molecule has 0 aliphatic carbocycles. The first-order chi connectivity index (χ1) is 29.7. The Balaban J connectivity index is 1.37. The van der Waals surface area contributed by atoms with Crippen LogP contribution in [0.4, 0.5) is 4.79 Å². The monoisotopic (exact) mass is 716 g/mol. The van der Waals surface area contributed by atoms with Crippen molar-refractivity contribution in [3.8, 4) is 5.75 Å². The van der Waals surface area contributed by atoms with Gasteiger partial charge in [-0.15, -0.1) is 11.3 Å². The highest BCUT2D eigenvalue weighted by Gasteiger charge is 2.44. The van der Waals surface area contributed by atoms with Gasteiger partial charge < -0.3 is 29.4 Å².